The molecule has 0 amide bonds. The minimum absolute atomic E-state index is 0.390. The van der Waals surface area contributed by atoms with E-state index in [4.69, 9.17) is 0 Å². The van der Waals surface area contributed by atoms with Crippen LogP contribution in [0.15, 0.2) is 35.3 Å². The summed E-state index contributed by atoms with van der Waals surface area (Å²) in [6.07, 6.45) is 2.42. The van der Waals surface area contributed by atoms with Crippen LogP contribution in [-0.2, 0) is 0 Å². The monoisotopic (exact) mass is 245 g/mol. The maximum Gasteiger partial charge on any atom is 0.194 e. The zero-order chi connectivity index (χ0) is 12.8. The van der Waals surface area contributed by atoms with Gasteiger partial charge in [0.1, 0.15) is 0 Å². The highest BCUT2D eigenvalue weighted by Crippen LogP contribution is 2.21. The average Bonchev–Trinajstić information content (AvgIpc) is 2.88. The van der Waals surface area contributed by atoms with Crippen molar-refractivity contribution >= 4 is 5.96 Å². The van der Waals surface area contributed by atoms with Gasteiger partial charge >= 0.3 is 0 Å². The van der Waals surface area contributed by atoms with Crippen molar-refractivity contribution in [2.45, 2.75) is 32.7 Å². The summed E-state index contributed by atoms with van der Waals surface area (Å²) in [5, 5.41) is 3.46. The molecule has 0 bridgehead atoms. The first kappa shape index (κ1) is 12.9. The van der Waals surface area contributed by atoms with Crippen molar-refractivity contribution in [3.8, 4) is 0 Å². The molecule has 0 fully saturated rings. The van der Waals surface area contributed by atoms with E-state index >= 15 is 0 Å². The van der Waals surface area contributed by atoms with Gasteiger partial charge in [0.25, 0.3) is 0 Å². The van der Waals surface area contributed by atoms with E-state index in [1.165, 1.54) is 18.4 Å². The third kappa shape index (κ3) is 3.03. The van der Waals surface area contributed by atoms with E-state index in [-0.39, 0.29) is 0 Å². The Morgan fingerprint density at radius 1 is 1.33 bits per heavy atom. The number of nitrogens with one attached hydrogen (secondary N) is 1. The van der Waals surface area contributed by atoms with Crippen molar-refractivity contribution in [2.24, 2.45) is 4.99 Å². The summed E-state index contributed by atoms with van der Waals surface area (Å²) in [5.74, 6) is 1.07. The van der Waals surface area contributed by atoms with Gasteiger partial charge in [0.15, 0.2) is 5.96 Å². The molecule has 1 N–H and O–H groups in total. The van der Waals surface area contributed by atoms with Crippen LogP contribution in [0.25, 0.3) is 0 Å². The van der Waals surface area contributed by atoms with Gasteiger partial charge in [-0.15, -0.1) is 0 Å². The zero-order valence-corrected chi connectivity index (χ0v) is 11.4. The van der Waals surface area contributed by atoms with E-state index in [9.17, 15) is 0 Å². The van der Waals surface area contributed by atoms with Gasteiger partial charge < -0.3 is 10.2 Å². The van der Waals surface area contributed by atoms with Gasteiger partial charge in [-0.3, -0.25) is 4.99 Å². The fourth-order valence-corrected chi connectivity index (χ4v) is 2.28. The van der Waals surface area contributed by atoms with E-state index in [1.807, 2.05) is 0 Å². The molecule has 0 unspecified atom stereocenters. The number of hydrogen-bond donors (Lipinski definition) is 1. The lowest BCUT2D eigenvalue weighted by atomic mass is 10.1. The van der Waals surface area contributed by atoms with Gasteiger partial charge in [-0.05, 0) is 18.9 Å². The molecule has 0 aromatic heterocycles. The minimum atomic E-state index is 0.390. The van der Waals surface area contributed by atoms with Gasteiger partial charge in [-0.2, -0.15) is 0 Å². The second-order valence-electron chi connectivity index (χ2n) is 4.77. The van der Waals surface area contributed by atoms with Crippen LogP contribution < -0.4 is 5.32 Å². The fraction of sp³-hybridized carbons (Fsp3) is 0.533. The van der Waals surface area contributed by atoms with Gasteiger partial charge in [0.05, 0.1) is 12.6 Å². The number of benzene rings is 1. The number of guanidine groups is 1. The predicted octanol–water partition coefficient (Wildman–Crippen LogP) is 2.81. The summed E-state index contributed by atoms with van der Waals surface area (Å²) < 4.78 is 0. The van der Waals surface area contributed by atoms with Crippen LogP contribution in [0.4, 0.5) is 0 Å². The third-order valence-electron chi connectivity index (χ3n) is 3.44. The number of aliphatic imine (C=N–C) groups is 1. The lowest BCUT2D eigenvalue weighted by molar-refractivity contribution is 0.355. The van der Waals surface area contributed by atoms with Crippen molar-refractivity contribution < 1.29 is 0 Å². The molecular formula is C15H23N3. The van der Waals surface area contributed by atoms with Gasteiger partial charge in [-0.25, -0.2) is 0 Å². The second-order valence-corrected chi connectivity index (χ2v) is 4.77. The van der Waals surface area contributed by atoms with Crippen LogP contribution in [0.5, 0.6) is 0 Å². The molecule has 0 spiro atoms. The number of unbranched alkanes of at least 4 members (excludes halogenated alkanes) is 1. The fourth-order valence-electron chi connectivity index (χ4n) is 2.28. The summed E-state index contributed by atoms with van der Waals surface area (Å²) in [6, 6.07) is 11.0. The van der Waals surface area contributed by atoms with Gasteiger partial charge in [0, 0.05) is 13.1 Å². The summed E-state index contributed by atoms with van der Waals surface area (Å²) in [4.78, 5) is 6.93. The first-order valence-corrected chi connectivity index (χ1v) is 6.93. The number of nitrogens with zero attached hydrogens (tertiary/aromatic N) is 2. The average molecular weight is 245 g/mol. The van der Waals surface area contributed by atoms with E-state index in [0.29, 0.717) is 6.04 Å². The molecule has 1 atom stereocenters. The number of hydrogen-bond acceptors (Lipinski definition) is 3. The van der Waals surface area contributed by atoms with Crippen LogP contribution >= 0.6 is 0 Å². The molecule has 1 heterocycles. The Balaban J connectivity index is 1.97. The summed E-state index contributed by atoms with van der Waals surface area (Å²) in [7, 11) is 0. The van der Waals surface area contributed by atoms with E-state index in [0.717, 1.165) is 25.6 Å². The molecule has 1 aromatic rings. The van der Waals surface area contributed by atoms with Crippen molar-refractivity contribution in [1.29, 1.82) is 0 Å². The van der Waals surface area contributed by atoms with Crippen molar-refractivity contribution in [2.75, 3.05) is 19.6 Å². The van der Waals surface area contributed by atoms with E-state index < -0.39 is 0 Å². The second kappa shape index (κ2) is 6.43. The molecule has 1 aliphatic heterocycles. The first-order valence-electron chi connectivity index (χ1n) is 6.93. The summed E-state index contributed by atoms with van der Waals surface area (Å²) in [5.41, 5.74) is 1.35. The molecule has 18 heavy (non-hydrogen) atoms. The maximum atomic E-state index is 4.57. The smallest absolute Gasteiger partial charge is 0.194 e. The molecule has 98 valence electrons. The largest absolute Gasteiger partial charge is 0.356 e. The molecule has 0 saturated carbocycles. The first-order chi connectivity index (χ1) is 8.83. The highest BCUT2D eigenvalue weighted by atomic mass is 15.3. The third-order valence-corrected chi connectivity index (χ3v) is 3.44. The zero-order valence-electron chi connectivity index (χ0n) is 11.4. The Kier molecular flexibility index (Phi) is 4.62. The Morgan fingerprint density at radius 3 is 2.83 bits per heavy atom. The standard InChI is InChI=1S/C15H23N3/c1-3-4-10-16-15-17-11-12-18(15)13(2)14-8-6-5-7-9-14/h5-9,13H,3-4,10-12H2,1-2H3,(H,16,17)/t13-/m0/s1. The SMILES string of the molecule is CCCCNC1=NCCN1[C@@H](C)c1ccccc1. The molecule has 2 rings (SSSR count). The highest BCUT2D eigenvalue weighted by Gasteiger charge is 2.22. The molecule has 3 nitrogen and oxygen atoms in total. The Bertz CT molecular complexity index is 386. The van der Waals surface area contributed by atoms with Crippen LogP contribution in [-0.4, -0.2) is 30.5 Å². The Hall–Kier alpha value is -1.51. The highest BCUT2D eigenvalue weighted by molar-refractivity contribution is 5.81. The van der Waals surface area contributed by atoms with Crippen LogP contribution in [0.3, 0.4) is 0 Å². The maximum absolute atomic E-state index is 4.57. The van der Waals surface area contributed by atoms with Gasteiger partial charge in [0.2, 0.25) is 0 Å². The van der Waals surface area contributed by atoms with Crippen LogP contribution in [0, 0.1) is 0 Å². The Labute approximate surface area is 110 Å². The van der Waals surface area contributed by atoms with Crippen molar-refractivity contribution in [3.05, 3.63) is 35.9 Å². The molecule has 0 radical (unpaired) electrons. The number of rotatable bonds is 5. The molecular weight excluding hydrogens is 222 g/mol. The summed E-state index contributed by atoms with van der Waals surface area (Å²) in [6.45, 7) is 7.41. The van der Waals surface area contributed by atoms with Crippen molar-refractivity contribution in [3.63, 3.8) is 0 Å². The molecule has 3 heteroatoms. The van der Waals surface area contributed by atoms with Gasteiger partial charge in [-0.1, -0.05) is 43.7 Å². The lowest BCUT2D eigenvalue weighted by Crippen LogP contribution is -2.40. The van der Waals surface area contributed by atoms with Crippen LogP contribution in [0.1, 0.15) is 38.3 Å². The van der Waals surface area contributed by atoms with Crippen molar-refractivity contribution in [1.82, 2.24) is 10.2 Å². The topological polar surface area (TPSA) is 27.6 Å². The van der Waals surface area contributed by atoms with E-state index in [2.05, 4.69) is 59.4 Å². The quantitative estimate of drug-likeness (QED) is 0.808. The molecule has 0 aliphatic carbocycles. The van der Waals surface area contributed by atoms with Crippen LogP contribution in [0.2, 0.25) is 0 Å². The molecule has 0 saturated heterocycles. The molecule has 1 aliphatic rings. The Morgan fingerprint density at radius 2 is 2.11 bits per heavy atom. The predicted molar refractivity (Wildman–Crippen MR) is 76.8 cm³/mol. The minimum Gasteiger partial charge on any atom is -0.356 e. The normalized spacial score (nSPS) is 16.6. The lowest BCUT2D eigenvalue weighted by Gasteiger charge is -2.28. The molecule has 1 aromatic carbocycles. The summed E-state index contributed by atoms with van der Waals surface area (Å²) >= 11 is 0. The van der Waals surface area contributed by atoms with E-state index in [1.54, 1.807) is 0 Å².